The highest BCUT2D eigenvalue weighted by atomic mass is 16.5. The van der Waals surface area contributed by atoms with Crippen LogP contribution in [0.4, 0.5) is 5.69 Å². The first-order chi connectivity index (χ1) is 15.4. The molecule has 3 rings (SSSR count). The molecular formula is C24H34N2O6. The number of nitrogen functional groups attached to an aromatic ring is 1. The van der Waals surface area contributed by atoms with Gasteiger partial charge in [-0.25, -0.2) is 4.79 Å². The Balaban J connectivity index is 1.48. The fourth-order valence-corrected chi connectivity index (χ4v) is 4.14. The molecule has 0 unspecified atom stereocenters. The predicted molar refractivity (Wildman–Crippen MR) is 121 cm³/mol. The number of anilines is 1. The summed E-state index contributed by atoms with van der Waals surface area (Å²) in [6, 6.07) is 0. The van der Waals surface area contributed by atoms with Gasteiger partial charge >= 0.3 is 11.9 Å². The maximum atomic E-state index is 12.1. The number of morpholine rings is 1. The van der Waals surface area contributed by atoms with Gasteiger partial charge in [-0.1, -0.05) is 11.6 Å². The molecular weight excluding hydrogens is 412 g/mol. The summed E-state index contributed by atoms with van der Waals surface area (Å²) >= 11 is 0. The lowest BCUT2D eigenvalue weighted by atomic mass is 9.94. The number of esters is 2. The smallest absolute Gasteiger partial charge is 0.341 e. The maximum absolute atomic E-state index is 12.1. The van der Waals surface area contributed by atoms with Crippen molar-refractivity contribution in [1.82, 2.24) is 4.90 Å². The van der Waals surface area contributed by atoms with Gasteiger partial charge in [0.05, 0.1) is 38.2 Å². The Morgan fingerprint density at radius 1 is 1.25 bits per heavy atom. The molecule has 2 aliphatic rings. The van der Waals surface area contributed by atoms with Crippen LogP contribution in [0.5, 0.6) is 5.75 Å². The van der Waals surface area contributed by atoms with Gasteiger partial charge in [-0.2, -0.15) is 0 Å². The highest BCUT2D eigenvalue weighted by Gasteiger charge is 2.30. The second-order valence-electron chi connectivity index (χ2n) is 8.26. The largest absolute Gasteiger partial charge is 0.496 e. The number of nitrogens with zero attached hydrogens (tertiary/aromatic N) is 1. The molecule has 1 fully saturated rings. The number of hydrogen-bond acceptors (Lipinski definition) is 8. The molecule has 8 nitrogen and oxygen atoms in total. The predicted octanol–water partition coefficient (Wildman–Crippen LogP) is 2.79. The first kappa shape index (κ1) is 24.1. The number of nitrogens with two attached hydrogens (primary N) is 1. The summed E-state index contributed by atoms with van der Waals surface area (Å²) < 4.78 is 21.4. The minimum Gasteiger partial charge on any atom is -0.496 e. The Morgan fingerprint density at radius 2 is 2.00 bits per heavy atom. The van der Waals surface area contributed by atoms with E-state index in [0.717, 1.165) is 61.5 Å². The molecule has 0 aliphatic carbocycles. The second kappa shape index (κ2) is 11.3. The van der Waals surface area contributed by atoms with E-state index in [1.807, 2.05) is 19.9 Å². The van der Waals surface area contributed by atoms with Crippen LogP contribution in [0.3, 0.4) is 0 Å². The average Bonchev–Trinajstić information content (AvgIpc) is 3.19. The number of cyclic esters (lactones) is 1. The summed E-state index contributed by atoms with van der Waals surface area (Å²) in [7, 11) is 1.60. The molecule has 2 heterocycles. The molecule has 2 N–H and O–H groups in total. The number of methoxy groups -OCH3 is 1. The molecule has 8 heteroatoms. The zero-order chi connectivity index (χ0) is 23.1. The van der Waals surface area contributed by atoms with Gasteiger partial charge in [0, 0.05) is 37.2 Å². The second-order valence-corrected chi connectivity index (χ2v) is 8.26. The van der Waals surface area contributed by atoms with E-state index in [9.17, 15) is 9.59 Å². The van der Waals surface area contributed by atoms with Crippen molar-refractivity contribution in [2.24, 2.45) is 0 Å². The molecule has 1 aromatic carbocycles. The van der Waals surface area contributed by atoms with Crippen molar-refractivity contribution < 1.29 is 28.5 Å². The Bertz CT molecular complexity index is 874. The topological polar surface area (TPSA) is 100 Å². The SMILES string of the molecule is COc1c(C)c2c(c(N)c1C/C=C(\C)CCC(=O)OCCCN1CCOCC1)C(=O)OC2. The van der Waals surface area contributed by atoms with Gasteiger partial charge in [0.1, 0.15) is 12.4 Å². The van der Waals surface area contributed by atoms with Crippen LogP contribution < -0.4 is 10.5 Å². The van der Waals surface area contributed by atoms with Crippen molar-refractivity contribution in [2.75, 3.05) is 52.3 Å². The number of ether oxygens (including phenoxy) is 4. The molecule has 32 heavy (non-hydrogen) atoms. The Morgan fingerprint density at radius 3 is 2.72 bits per heavy atom. The van der Waals surface area contributed by atoms with Crippen LogP contribution in [0.25, 0.3) is 0 Å². The molecule has 0 bridgehead atoms. The number of benzene rings is 1. The van der Waals surface area contributed by atoms with E-state index in [4.69, 9.17) is 24.7 Å². The van der Waals surface area contributed by atoms with Crippen molar-refractivity contribution in [3.8, 4) is 5.75 Å². The summed E-state index contributed by atoms with van der Waals surface area (Å²) in [4.78, 5) is 26.5. The minimum atomic E-state index is -0.387. The molecule has 1 saturated heterocycles. The molecule has 0 spiro atoms. The molecule has 0 atom stereocenters. The van der Waals surface area contributed by atoms with Crippen LogP contribution in [0.15, 0.2) is 11.6 Å². The monoisotopic (exact) mass is 446 g/mol. The van der Waals surface area contributed by atoms with E-state index in [1.165, 1.54) is 0 Å². The fourth-order valence-electron chi connectivity index (χ4n) is 4.14. The highest BCUT2D eigenvalue weighted by molar-refractivity contribution is 6.00. The Hall–Kier alpha value is -2.58. The van der Waals surface area contributed by atoms with E-state index in [-0.39, 0.29) is 18.5 Å². The average molecular weight is 447 g/mol. The zero-order valence-corrected chi connectivity index (χ0v) is 19.3. The third-order valence-corrected chi connectivity index (χ3v) is 6.08. The van der Waals surface area contributed by atoms with Crippen LogP contribution in [0.2, 0.25) is 0 Å². The summed E-state index contributed by atoms with van der Waals surface area (Å²) in [6.07, 6.45) is 4.31. The van der Waals surface area contributed by atoms with Crippen molar-refractivity contribution in [3.05, 3.63) is 33.9 Å². The number of rotatable bonds is 10. The standard InChI is InChI=1S/C24H34N2O6/c1-16(6-8-20(27)31-12-4-9-26-10-13-30-14-11-26)5-7-18-22(25)21-19(15-32-24(21)28)17(2)23(18)29-3/h5H,4,6-15,25H2,1-3H3/b16-5+. The third kappa shape index (κ3) is 5.81. The number of fused-ring (bicyclic) bond motifs is 1. The number of allylic oxidation sites excluding steroid dienone is 2. The quantitative estimate of drug-likeness (QED) is 0.253. The lowest BCUT2D eigenvalue weighted by Gasteiger charge is -2.26. The van der Waals surface area contributed by atoms with E-state index >= 15 is 0 Å². The highest BCUT2D eigenvalue weighted by Crippen LogP contribution is 2.39. The van der Waals surface area contributed by atoms with Crippen molar-refractivity contribution >= 4 is 17.6 Å². The third-order valence-electron chi connectivity index (χ3n) is 6.08. The number of carbonyl (C=O) groups excluding carboxylic acids is 2. The number of hydrogen-bond donors (Lipinski definition) is 1. The fraction of sp³-hybridized carbons (Fsp3) is 0.583. The molecule has 1 aromatic rings. The summed E-state index contributed by atoms with van der Waals surface area (Å²) in [5, 5.41) is 0. The van der Waals surface area contributed by atoms with Gasteiger partial charge < -0.3 is 24.7 Å². The molecule has 0 aromatic heterocycles. The van der Waals surface area contributed by atoms with Crippen molar-refractivity contribution in [3.63, 3.8) is 0 Å². The van der Waals surface area contributed by atoms with Crippen LogP contribution in [0.1, 0.15) is 53.2 Å². The summed E-state index contributed by atoms with van der Waals surface area (Å²) in [6.45, 7) is 8.91. The summed E-state index contributed by atoms with van der Waals surface area (Å²) in [5.41, 5.74) is 10.7. The van der Waals surface area contributed by atoms with Gasteiger partial charge in [0.25, 0.3) is 0 Å². The van der Waals surface area contributed by atoms with Gasteiger partial charge in [-0.15, -0.1) is 0 Å². The Labute approximate surface area is 189 Å². The Kier molecular flexibility index (Phi) is 8.53. The van der Waals surface area contributed by atoms with Gasteiger partial charge in [-0.05, 0) is 38.7 Å². The van der Waals surface area contributed by atoms with Crippen LogP contribution in [-0.4, -0.2) is 63.4 Å². The van der Waals surface area contributed by atoms with Crippen LogP contribution >= 0.6 is 0 Å². The maximum Gasteiger partial charge on any atom is 0.341 e. The van der Waals surface area contributed by atoms with E-state index in [2.05, 4.69) is 4.90 Å². The van der Waals surface area contributed by atoms with Crippen LogP contribution in [-0.2, 0) is 32.0 Å². The molecule has 176 valence electrons. The van der Waals surface area contributed by atoms with Crippen molar-refractivity contribution in [1.29, 1.82) is 0 Å². The van der Waals surface area contributed by atoms with E-state index in [1.54, 1.807) is 7.11 Å². The minimum absolute atomic E-state index is 0.187. The van der Waals surface area contributed by atoms with Gasteiger partial charge in [-0.3, -0.25) is 9.69 Å². The molecule has 2 aliphatic heterocycles. The van der Waals surface area contributed by atoms with E-state index < -0.39 is 0 Å². The first-order valence-electron chi connectivity index (χ1n) is 11.2. The molecule has 0 saturated carbocycles. The van der Waals surface area contributed by atoms with Crippen LogP contribution in [0, 0.1) is 6.92 Å². The number of carbonyl (C=O) groups is 2. The first-order valence-corrected chi connectivity index (χ1v) is 11.2. The lowest BCUT2D eigenvalue weighted by Crippen LogP contribution is -2.37. The van der Waals surface area contributed by atoms with Gasteiger partial charge in [0.15, 0.2) is 0 Å². The normalized spacial score (nSPS) is 16.6. The summed E-state index contributed by atoms with van der Waals surface area (Å²) in [5.74, 6) is 0.109. The lowest BCUT2D eigenvalue weighted by molar-refractivity contribution is -0.143. The molecule has 0 amide bonds. The zero-order valence-electron chi connectivity index (χ0n) is 19.3. The molecule has 0 radical (unpaired) electrons. The van der Waals surface area contributed by atoms with Crippen molar-refractivity contribution in [2.45, 2.75) is 46.1 Å². The van der Waals surface area contributed by atoms with E-state index in [0.29, 0.717) is 42.9 Å². The van der Waals surface area contributed by atoms with Gasteiger partial charge in [0.2, 0.25) is 0 Å².